The second kappa shape index (κ2) is 6.56. The van der Waals surface area contributed by atoms with Crippen LogP contribution in [0.5, 0.6) is 0 Å². The fourth-order valence-corrected chi connectivity index (χ4v) is 0.567. The zero-order valence-electron chi connectivity index (χ0n) is 7.78. The van der Waals surface area contributed by atoms with E-state index in [9.17, 15) is 9.59 Å². The maximum absolute atomic E-state index is 10.5. The molecule has 0 rings (SSSR count). The van der Waals surface area contributed by atoms with Crippen LogP contribution in [-0.4, -0.2) is 25.2 Å². The monoisotopic (exact) mass is 194 g/mol. The highest BCUT2D eigenvalue weighted by molar-refractivity contribution is 5.88. The molecule has 0 aromatic carbocycles. The molecule has 0 N–H and O–H groups in total. The quantitative estimate of drug-likeness (QED) is 0.358. The van der Waals surface area contributed by atoms with Gasteiger partial charge in [-0.2, -0.15) is 0 Å². The normalized spacial score (nSPS) is 8.57. The standard InChI is InChI=1S/C10H10O4/c1-4-9(11)13-6-8(3)7-14-10(12)5-2/h1-2,8H,6-7H2,3H3. The van der Waals surface area contributed by atoms with Gasteiger partial charge in [-0.05, 0) is 0 Å². The van der Waals surface area contributed by atoms with Crippen molar-refractivity contribution in [3.8, 4) is 24.7 Å². The lowest BCUT2D eigenvalue weighted by atomic mass is 10.2. The summed E-state index contributed by atoms with van der Waals surface area (Å²) in [5.41, 5.74) is 0. The summed E-state index contributed by atoms with van der Waals surface area (Å²) >= 11 is 0. The van der Waals surface area contributed by atoms with Gasteiger partial charge >= 0.3 is 11.9 Å². The number of ether oxygens (including phenoxy) is 2. The van der Waals surface area contributed by atoms with Crippen molar-refractivity contribution in [3.05, 3.63) is 0 Å². The molecule has 4 heteroatoms. The van der Waals surface area contributed by atoms with Crippen LogP contribution in [0.2, 0.25) is 0 Å². The maximum Gasteiger partial charge on any atom is 0.384 e. The van der Waals surface area contributed by atoms with Crippen LogP contribution in [0, 0.1) is 30.6 Å². The van der Waals surface area contributed by atoms with E-state index < -0.39 is 11.9 Å². The number of carbonyl (C=O) groups is 2. The van der Waals surface area contributed by atoms with Crippen LogP contribution in [0.3, 0.4) is 0 Å². The number of rotatable bonds is 4. The first-order valence-corrected chi connectivity index (χ1v) is 3.87. The third-order valence-corrected chi connectivity index (χ3v) is 1.23. The summed E-state index contributed by atoms with van der Waals surface area (Å²) in [5.74, 6) is 1.98. The fraction of sp³-hybridized carbons (Fsp3) is 0.400. The van der Waals surface area contributed by atoms with Crippen LogP contribution < -0.4 is 0 Å². The van der Waals surface area contributed by atoms with Crippen molar-refractivity contribution >= 4 is 11.9 Å². The van der Waals surface area contributed by atoms with E-state index in [1.807, 2.05) is 0 Å². The van der Waals surface area contributed by atoms with Gasteiger partial charge in [0.05, 0.1) is 13.2 Å². The van der Waals surface area contributed by atoms with E-state index in [4.69, 9.17) is 12.8 Å². The van der Waals surface area contributed by atoms with E-state index >= 15 is 0 Å². The van der Waals surface area contributed by atoms with Gasteiger partial charge < -0.3 is 9.47 Å². The number of esters is 2. The molecule has 0 bridgehead atoms. The van der Waals surface area contributed by atoms with Crippen LogP contribution in [0.4, 0.5) is 0 Å². The molecule has 0 amide bonds. The van der Waals surface area contributed by atoms with Gasteiger partial charge in [0.15, 0.2) is 0 Å². The van der Waals surface area contributed by atoms with Crippen molar-refractivity contribution < 1.29 is 19.1 Å². The minimum atomic E-state index is -0.736. The Morgan fingerprint density at radius 2 is 1.50 bits per heavy atom. The lowest BCUT2D eigenvalue weighted by Crippen LogP contribution is -2.17. The molecule has 0 heterocycles. The van der Waals surface area contributed by atoms with Gasteiger partial charge in [0, 0.05) is 17.8 Å². The van der Waals surface area contributed by atoms with Crippen molar-refractivity contribution in [2.45, 2.75) is 6.92 Å². The Morgan fingerprint density at radius 3 is 1.79 bits per heavy atom. The zero-order valence-corrected chi connectivity index (χ0v) is 7.78. The molecule has 0 saturated carbocycles. The highest BCUT2D eigenvalue weighted by Gasteiger charge is 2.07. The molecule has 0 radical (unpaired) electrons. The highest BCUT2D eigenvalue weighted by atomic mass is 16.5. The number of terminal acetylenes is 2. The van der Waals surface area contributed by atoms with E-state index in [-0.39, 0.29) is 19.1 Å². The number of hydrogen-bond acceptors (Lipinski definition) is 4. The molecule has 0 atom stereocenters. The van der Waals surface area contributed by atoms with Gasteiger partial charge in [0.25, 0.3) is 0 Å². The smallest absolute Gasteiger partial charge is 0.384 e. The van der Waals surface area contributed by atoms with E-state index in [2.05, 4.69) is 9.47 Å². The number of hydrogen-bond donors (Lipinski definition) is 0. The molecule has 0 aliphatic rings. The van der Waals surface area contributed by atoms with Crippen LogP contribution >= 0.6 is 0 Å². The van der Waals surface area contributed by atoms with Crippen molar-refractivity contribution in [1.29, 1.82) is 0 Å². The third-order valence-electron chi connectivity index (χ3n) is 1.23. The van der Waals surface area contributed by atoms with Crippen molar-refractivity contribution in [3.63, 3.8) is 0 Å². The second-order valence-corrected chi connectivity index (χ2v) is 2.59. The van der Waals surface area contributed by atoms with Crippen LogP contribution in [0.1, 0.15) is 6.92 Å². The van der Waals surface area contributed by atoms with Gasteiger partial charge in [0.1, 0.15) is 0 Å². The molecule has 74 valence electrons. The SMILES string of the molecule is C#CC(=O)OCC(C)COC(=O)C#C. The molecule has 0 aliphatic heterocycles. The Kier molecular flexibility index (Phi) is 5.65. The Labute approximate surface area is 82.6 Å². The predicted molar refractivity (Wildman–Crippen MR) is 48.7 cm³/mol. The summed E-state index contributed by atoms with van der Waals surface area (Å²) in [7, 11) is 0. The second-order valence-electron chi connectivity index (χ2n) is 2.59. The molecular formula is C10H10O4. The fourth-order valence-electron chi connectivity index (χ4n) is 0.567. The molecule has 0 spiro atoms. The average molecular weight is 194 g/mol. The van der Waals surface area contributed by atoms with Crippen LogP contribution in [-0.2, 0) is 19.1 Å². The van der Waals surface area contributed by atoms with Gasteiger partial charge in [-0.25, -0.2) is 9.59 Å². The maximum atomic E-state index is 10.5. The first-order chi connectivity index (χ1) is 6.60. The van der Waals surface area contributed by atoms with Crippen molar-refractivity contribution in [1.82, 2.24) is 0 Å². The Balaban J connectivity index is 3.63. The van der Waals surface area contributed by atoms with E-state index in [1.54, 1.807) is 18.8 Å². The molecular weight excluding hydrogens is 184 g/mol. The van der Waals surface area contributed by atoms with E-state index in [0.717, 1.165) is 0 Å². The molecule has 4 nitrogen and oxygen atoms in total. The summed E-state index contributed by atoms with van der Waals surface area (Å²) in [4.78, 5) is 21.0. The highest BCUT2D eigenvalue weighted by Crippen LogP contribution is 1.97. The molecule has 0 unspecified atom stereocenters. The van der Waals surface area contributed by atoms with Crippen molar-refractivity contribution in [2.75, 3.05) is 13.2 Å². The molecule has 0 fully saturated rings. The average Bonchev–Trinajstić information content (AvgIpc) is 2.22. The summed E-state index contributed by atoms with van der Waals surface area (Å²) in [5, 5.41) is 0. The predicted octanol–water partition coefficient (Wildman–Crippen LogP) is -0.0247. The lowest BCUT2D eigenvalue weighted by Gasteiger charge is -2.09. The molecule has 0 aromatic rings. The Bertz CT molecular complexity index is 262. The van der Waals surface area contributed by atoms with Crippen LogP contribution in [0.25, 0.3) is 0 Å². The first-order valence-electron chi connectivity index (χ1n) is 3.87. The number of carbonyl (C=O) groups excluding carboxylic acids is 2. The summed E-state index contributed by atoms with van der Waals surface area (Å²) in [6.45, 7) is 1.93. The van der Waals surface area contributed by atoms with Crippen LogP contribution in [0.15, 0.2) is 0 Å². The van der Waals surface area contributed by atoms with E-state index in [0.29, 0.717) is 0 Å². The summed E-state index contributed by atoms with van der Waals surface area (Å²) in [6, 6.07) is 0. The lowest BCUT2D eigenvalue weighted by molar-refractivity contribution is -0.141. The minimum absolute atomic E-state index is 0.0981. The minimum Gasteiger partial charge on any atom is -0.456 e. The largest absolute Gasteiger partial charge is 0.456 e. The summed E-state index contributed by atoms with van der Waals surface area (Å²) < 4.78 is 9.20. The molecule has 0 aliphatic carbocycles. The van der Waals surface area contributed by atoms with E-state index in [1.165, 1.54) is 0 Å². The first kappa shape index (κ1) is 12.1. The summed E-state index contributed by atoms with van der Waals surface area (Å²) in [6.07, 6.45) is 9.53. The Morgan fingerprint density at radius 1 is 1.14 bits per heavy atom. The molecule has 0 aromatic heterocycles. The van der Waals surface area contributed by atoms with Gasteiger partial charge in [0.2, 0.25) is 0 Å². The molecule has 0 saturated heterocycles. The third kappa shape index (κ3) is 5.68. The molecule has 14 heavy (non-hydrogen) atoms. The van der Waals surface area contributed by atoms with Crippen molar-refractivity contribution in [2.24, 2.45) is 5.92 Å². The van der Waals surface area contributed by atoms with Gasteiger partial charge in [-0.15, -0.1) is 12.8 Å². The zero-order chi connectivity index (χ0) is 11.0. The topological polar surface area (TPSA) is 52.6 Å². The van der Waals surface area contributed by atoms with Gasteiger partial charge in [-0.3, -0.25) is 0 Å². The Hall–Kier alpha value is -1.94. The van der Waals surface area contributed by atoms with Gasteiger partial charge in [-0.1, -0.05) is 6.92 Å².